The minimum Gasteiger partial charge on any atom is -0.441 e. The molecule has 0 unspecified atom stereocenters. The Hall–Kier alpha value is -1.66. The Labute approximate surface area is 149 Å². The van der Waals surface area contributed by atoms with Crippen molar-refractivity contribution in [1.82, 2.24) is 10.3 Å². The Bertz CT molecular complexity index is 730. The van der Waals surface area contributed by atoms with Crippen molar-refractivity contribution in [3.8, 4) is 11.5 Å². The molecular formula is C17H21ClN2O3S. The lowest BCUT2D eigenvalue weighted by Crippen LogP contribution is -2.29. The third-order valence-corrected chi connectivity index (χ3v) is 4.95. The van der Waals surface area contributed by atoms with Crippen LogP contribution in [0.4, 0.5) is 0 Å². The number of nitrogens with one attached hydrogen (secondary N) is 1. The molecule has 7 heteroatoms. The van der Waals surface area contributed by atoms with Gasteiger partial charge in [0.15, 0.2) is 0 Å². The Morgan fingerprint density at radius 1 is 1.38 bits per heavy atom. The third-order valence-electron chi connectivity index (χ3n) is 3.44. The topological polar surface area (TPSA) is 72.2 Å². The molecule has 0 spiro atoms. The number of nitrogens with zero attached hydrogens (tertiary/aromatic N) is 1. The van der Waals surface area contributed by atoms with Gasteiger partial charge in [-0.1, -0.05) is 37.1 Å². The van der Waals surface area contributed by atoms with E-state index in [1.807, 2.05) is 25.1 Å². The zero-order chi connectivity index (χ0) is 17.5. The zero-order valence-electron chi connectivity index (χ0n) is 13.8. The van der Waals surface area contributed by atoms with Gasteiger partial charge in [0.25, 0.3) is 0 Å². The summed E-state index contributed by atoms with van der Waals surface area (Å²) in [7, 11) is -1.33. The molecular weight excluding hydrogens is 348 g/mol. The van der Waals surface area contributed by atoms with Gasteiger partial charge in [-0.2, -0.15) is 0 Å². The van der Waals surface area contributed by atoms with Gasteiger partial charge in [-0.05, 0) is 25.5 Å². The van der Waals surface area contributed by atoms with E-state index < -0.39 is 10.8 Å². The van der Waals surface area contributed by atoms with Crippen molar-refractivity contribution in [2.75, 3.05) is 12.3 Å². The molecule has 0 bridgehead atoms. The van der Waals surface area contributed by atoms with Gasteiger partial charge in [-0.15, -0.1) is 0 Å². The van der Waals surface area contributed by atoms with Gasteiger partial charge < -0.3 is 9.73 Å². The molecule has 1 atom stereocenters. The van der Waals surface area contributed by atoms with Crippen molar-refractivity contribution < 1.29 is 13.4 Å². The quantitative estimate of drug-likeness (QED) is 0.724. The largest absolute Gasteiger partial charge is 0.441 e. The minimum atomic E-state index is -1.33. The molecule has 0 aliphatic heterocycles. The first-order chi connectivity index (χ1) is 11.5. The summed E-state index contributed by atoms with van der Waals surface area (Å²) in [5.74, 6) is 0.940. The smallest absolute Gasteiger partial charge is 0.232 e. The number of aryl methyl sites for hydroxylation is 1. The van der Waals surface area contributed by atoms with Crippen molar-refractivity contribution >= 4 is 28.3 Å². The molecule has 1 N–H and O–H groups in total. The Kier molecular flexibility index (Phi) is 6.99. The number of oxazole rings is 1. The van der Waals surface area contributed by atoms with Crippen LogP contribution in [0.3, 0.4) is 0 Å². The summed E-state index contributed by atoms with van der Waals surface area (Å²) >= 11 is 6.14. The highest BCUT2D eigenvalue weighted by Crippen LogP contribution is 2.28. The molecule has 1 amide bonds. The van der Waals surface area contributed by atoms with Crippen LogP contribution in [0.15, 0.2) is 28.7 Å². The van der Waals surface area contributed by atoms with Gasteiger partial charge >= 0.3 is 0 Å². The number of unbranched alkanes of at least 4 members (excludes halogenated alkanes) is 1. The summed E-state index contributed by atoms with van der Waals surface area (Å²) in [6, 6.07) is 7.25. The van der Waals surface area contributed by atoms with Gasteiger partial charge in [-0.3, -0.25) is 9.00 Å². The van der Waals surface area contributed by atoms with Crippen LogP contribution in [0.1, 0.15) is 31.2 Å². The molecule has 130 valence electrons. The van der Waals surface area contributed by atoms with E-state index in [9.17, 15) is 9.00 Å². The maximum Gasteiger partial charge on any atom is 0.232 e. The number of amides is 1. The van der Waals surface area contributed by atoms with E-state index in [0.29, 0.717) is 34.5 Å². The summed E-state index contributed by atoms with van der Waals surface area (Å²) in [5, 5.41) is 3.30. The maximum atomic E-state index is 12.2. The van der Waals surface area contributed by atoms with Crippen LogP contribution in [0.2, 0.25) is 5.02 Å². The highest BCUT2D eigenvalue weighted by molar-refractivity contribution is 7.84. The van der Waals surface area contributed by atoms with Crippen LogP contribution >= 0.6 is 11.6 Å². The van der Waals surface area contributed by atoms with Gasteiger partial charge in [0.2, 0.25) is 11.8 Å². The summed E-state index contributed by atoms with van der Waals surface area (Å²) in [4.78, 5) is 16.1. The number of hydrogen-bond donors (Lipinski definition) is 1. The second-order valence-electron chi connectivity index (χ2n) is 5.43. The molecule has 1 aromatic heterocycles. The van der Waals surface area contributed by atoms with E-state index in [0.717, 1.165) is 12.8 Å². The minimum absolute atomic E-state index is 0.0303. The molecule has 0 radical (unpaired) electrons. The van der Waals surface area contributed by atoms with Crippen LogP contribution in [0.5, 0.6) is 0 Å². The number of carbonyl (C=O) groups is 1. The molecule has 1 heterocycles. The molecule has 0 fully saturated rings. The summed E-state index contributed by atoms with van der Waals surface area (Å²) in [5.41, 5.74) is 1.28. The average molecular weight is 369 g/mol. The summed E-state index contributed by atoms with van der Waals surface area (Å²) in [6.45, 7) is 4.43. The number of hydrogen-bond acceptors (Lipinski definition) is 4. The SMILES string of the molecule is CCCCNC(=O)C[S@@](=O)Cc1nc(-c2ccccc2Cl)oc1C. The van der Waals surface area contributed by atoms with Gasteiger partial charge in [-0.25, -0.2) is 4.98 Å². The fraction of sp³-hybridized carbons (Fsp3) is 0.412. The average Bonchev–Trinajstić information content (AvgIpc) is 2.88. The fourth-order valence-corrected chi connectivity index (χ4v) is 3.40. The lowest BCUT2D eigenvalue weighted by atomic mass is 10.2. The number of rotatable bonds is 8. The van der Waals surface area contributed by atoms with Crippen LogP contribution < -0.4 is 5.32 Å². The molecule has 5 nitrogen and oxygen atoms in total. The summed E-state index contributed by atoms with van der Waals surface area (Å²) in [6.07, 6.45) is 1.92. The highest BCUT2D eigenvalue weighted by Gasteiger charge is 2.17. The lowest BCUT2D eigenvalue weighted by Gasteiger charge is -2.03. The van der Waals surface area contributed by atoms with E-state index in [1.165, 1.54) is 0 Å². The van der Waals surface area contributed by atoms with E-state index >= 15 is 0 Å². The molecule has 0 saturated heterocycles. The standard InChI is InChI=1S/C17H21ClN2O3S/c1-3-4-9-19-16(21)11-24(22)10-15-12(2)23-17(20-15)13-7-5-6-8-14(13)18/h5-8H,3-4,9-11H2,1-2H3,(H,19,21)/t24-/m0/s1. The van der Waals surface area contributed by atoms with Crippen molar-refractivity contribution in [3.05, 3.63) is 40.7 Å². The molecule has 0 aliphatic carbocycles. The molecule has 2 aromatic rings. The van der Waals surface area contributed by atoms with Crippen molar-refractivity contribution in [1.29, 1.82) is 0 Å². The van der Waals surface area contributed by atoms with E-state index in [-0.39, 0.29) is 17.4 Å². The van der Waals surface area contributed by atoms with Crippen molar-refractivity contribution in [2.45, 2.75) is 32.4 Å². The predicted octanol–water partition coefficient (Wildman–Crippen LogP) is 3.47. The number of aromatic nitrogens is 1. The number of halogens is 1. The van der Waals surface area contributed by atoms with Gasteiger partial charge in [0.1, 0.15) is 11.5 Å². The van der Waals surface area contributed by atoms with Crippen molar-refractivity contribution in [2.24, 2.45) is 0 Å². The number of benzene rings is 1. The van der Waals surface area contributed by atoms with Crippen LogP contribution in [-0.4, -0.2) is 27.4 Å². The second-order valence-corrected chi connectivity index (χ2v) is 7.30. The predicted molar refractivity (Wildman–Crippen MR) is 96.3 cm³/mol. The zero-order valence-corrected chi connectivity index (χ0v) is 15.4. The first-order valence-corrected chi connectivity index (χ1v) is 9.70. The molecule has 0 saturated carbocycles. The van der Waals surface area contributed by atoms with Gasteiger partial charge in [0.05, 0.1) is 22.0 Å². The molecule has 2 rings (SSSR count). The highest BCUT2D eigenvalue weighted by atomic mass is 35.5. The normalized spacial score (nSPS) is 12.1. The van der Waals surface area contributed by atoms with E-state index in [2.05, 4.69) is 10.3 Å². The Morgan fingerprint density at radius 3 is 2.83 bits per heavy atom. The number of carbonyl (C=O) groups excluding carboxylic acids is 1. The molecule has 1 aromatic carbocycles. The van der Waals surface area contributed by atoms with Gasteiger partial charge in [0, 0.05) is 17.3 Å². The second kappa shape index (κ2) is 8.99. The van der Waals surface area contributed by atoms with Crippen LogP contribution in [0, 0.1) is 6.92 Å². The Morgan fingerprint density at radius 2 is 2.12 bits per heavy atom. The Balaban J connectivity index is 1.99. The first-order valence-electron chi connectivity index (χ1n) is 7.84. The van der Waals surface area contributed by atoms with Crippen molar-refractivity contribution in [3.63, 3.8) is 0 Å². The lowest BCUT2D eigenvalue weighted by molar-refractivity contribution is -0.118. The maximum absolute atomic E-state index is 12.2. The molecule has 24 heavy (non-hydrogen) atoms. The van der Waals surface area contributed by atoms with Crippen LogP contribution in [-0.2, 0) is 21.3 Å². The molecule has 0 aliphatic rings. The van der Waals surface area contributed by atoms with E-state index in [1.54, 1.807) is 13.0 Å². The first kappa shape index (κ1) is 18.7. The third kappa shape index (κ3) is 5.18. The van der Waals surface area contributed by atoms with Crippen LogP contribution in [0.25, 0.3) is 11.5 Å². The summed E-state index contributed by atoms with van der Waals surface area (Å²) < 4.78 is 17.8. The monoisotopic (exact) mass is 368 g/mol. The fourth-order valence-electron chi connectivity index (χ4n) is 2.12. The van der Waals surface area contributed by atoms with E-state index in [4.69, 9.17) is 16.0 Å².